The van der Waals surface area contributed by atoms with Gasteiger partial charge in [0.25, 0.3) is 0 Å². The lowest BCUT2D eigenvalue weighted by Gasteiger charge is -2.21. The third-order valence-corrected chi connectivity index (χ3v) is 4.32. The third-order valence-electron chi connectivity index (χ3n) is 4.32. The van der Waals surface area contributed by atoms with Crippen molar-refractivity contribution in [1.82, 2.24) is 4.90 Å². The number of carbonyl (C=O) groups excluding carboxylic acids is 2. The molecule has 6 heteroatoms. The van der Waals surface area contributed by atoms with Crippen LogP contribution in [0, 0.1) is 6.92 Å². The lowest BCUT2D eigenvalue weighted by atomic mass is 10.1. The second-order valence-electron chi connectivity index (χ2n) is 6.24. The molecule has 0 radical (unpaired) electrons. The molecule has 0 aromatic heterocycles. The normalized spacial score (nSPS) is 10.2. The minimum atomic E-state index is -0.216. The monoisotopic (exact) mass is 370 g/mol. The van der Waals surface area contributed by atoms with E-state index >= 15 is 0 Å². The lowest BCUT2D eigenvalue weighted by molar-refractivity contribution is -0.132. The van der Waals surface area contributed by atoms with Crippen molar-refractivity contribution in [3.05, 3.63) is 53.6 Å². The van der Waals surface area contributed by atoms with E-state index in [4.69, 9.17) is 9.47 Å². The molecule has 144 valence electrons. The first-order valence-corrected chi connectivity index (χ1v) is 8.76. The molecular formula is C21H26N2O4. The topological polar surface area (TPSA) is 67.9 Å². The minimum Gasteiger partial charge on any atom is -0.493 e. The number of ether oxygens (including phenoxy) is 2. The van der Waals surface area contributed by atoms with Crippen molar-refractivity contribution in [1.29, 1.82) is 0 Å². The Morgan fingerprint density at radius 3 is 2.37 bits per heavy atom. The van der Waals surface area contributed by atoms with Crippen LogP contribution in [-0.2, 0) is 16.0 Å². The molecule has 6 nitrogen and oxygen atoms in total. The fourth-order valence-corrected chi connectivity index (χ4v) is 2.72. The SMILES string of the molecule is COc1ccc(CCN(CC(=O)Nc2ccccc2C)C(C)=O)cc1OC. The van der Waals surface area contributed by atoms with Gasteiger partial charge in [0.2, 0.25) is 11.8 Å². The molecule has 0 aliphatic rings. The van der Waals surface area contributed by atoms with Gasteiger partial charge >= 0.3 is 0 Å². The summed E-state index contributed by atoms with van der Waals surface area (Å²) in [6, 6.07) is 13.2. The highest BCUT2D eigenvalue weighted by Gasteiger charge is 2.15. The molecule has 27 heavy (non-hydrogen) atoms. The number of para-hydroxylation sites is 1. The average molecular weight is 370 g/mol. The molecule has 2 amide bonds. The van der Waals surface area contributed by atoms with Crippen LogP contribution in [-0.4, -0.2) is 44.0 Å². The van der Waals surface area contributed by atoms with E-state index in [9.17, 15) is 9.59 Å². The number of aryl methyl sites for hydroxylation is 1. The number of methoxy groups -OCH3 is 2. The van der Waals surface area contributed by atoms with Crippen LogP contribution in [0.3, 0.4) is 0 Å². The van der Waals surface area contributed by atoms with E-state index in [-0.39, 0.29) is 18.4 Å². The van der Waals surface area contributed by atoms with Gasteiger partial charge in [-0.1, -0.05) is 24.3 Å². The second kappa shape index (κ2) is 9.62. The highest BCUT2D eigenvalue weighted by Crippen LogP contribution is 2.27. The zero-order chi connectivity index (χ0) is 19.8. The van der Waals surface area contributed by atoms with E-state index in [0.29, 0.717) is 24.5 Å². The Hall–Kier alpha value is -3.02. The van der Waals surface area contributed by atoms with Gasteiger partial charge in [-0.05, 0) is 42.7 Å². The van der Waals surface area contributed by atoms with E-state index in [0.717, 1.165) is 16.8 Å². The maximum absolute atomic E-state index is 12.3. The largest absolute Gasteiger partial charge is 0.493 e. The van der Waals surface area contributed by atoms with Crippen molar-refractivity contribution in [3.8, 4) is 11.5 Å². The van der Waals surface area contributed by atoms with Gasteiger partial charge in [0.1, 0.15) is 0 Å². The number of carbonyl (C=O) groups is 2. The number of nitrogens with one attached hydrogen (secondary N) is 1. The Balaban J connectivity index is 1.98. The molecule has 0 heterocycles. The van der Waals surface area contributed by atoms with Crippen molar-refractivity contribution in [2.24, 2.45) is 0 Å². The van der Waals surface area contributed by atoms with E-state index in [1.807, 2.05) is 49.4 Å². The smallest absolute Gasteiger partial charge is 0.244 e. The van der Waals surface area contributed by atoms with Crippen LogP contribution in [0.4, 0.5) is 5.69 Å². The van der Waals surface area contributed by atoms with Gasteiger partial charge in [-0.15, -0.1) is 0 Å². The Bertz CT molecular complexity index is 805. The standard InChI is InChI=1S/C21H26N2O4/c1-15-7-5-6-8-18(15)22-21(25)14-23(16(2)24)12-11-17-9-10-19(26-3)20(13-17)27-4/h5-10,13H,11-12,14H2,1-4H3,(H,22,25). The van der Waals surface area contributed by atoms with E-state index in [1.165, 1.54) is 11.8 Å². The number of rotatable bonds is 8. The number of nitrogens with zero attached hydrogens (tertiary/aromatic N) is 1. The van der Waals surface area contributed by atoms with Gasteiger partial charge < -0.3 is 19.7 Å². The summed E-state index contributed by atoms with van der Waals surface area (Å²) in [5.74, 6) is 0.936. The zero-order valence-electron chi connectivity index (χ0n) is 16.2. The summed E-state index contributed by atoms with van der Waals surface area (Å²) in [5, 5.41) is 2.86. The van der Waals surface area contributed by atoms with E-state index in [1.54, 1.807) is 14.2 Å². The van der Waals surface area contributed by atoms with Gasteiger partial charge in [0.05, 0.1) is 20.8 Å². The molecule has 2 rings (SSSR count). The minimum absolute atomic E-state index is 0.0109. The molecule has 2 aromatic rings. The maximum atomic E-state index is 12.3. The van der Waals surface area contributed by atoms with Gasteiger partial charge in [-0.3, -0.25) is 9.59 Å². The Morgan fingerprint density at radius 2 is 1.74 bits per heavy atom. The van der Waals surface area contributed by atoms with Crippen molar-refractivity contribution < 1.29 is 19.1 Å². The average Bonchev–Trinajstić information content (AvgIpc) is 2.66. The molecule has 0 aliphatic heterocycles. The first-order valence-electron chi connectivity index (χ1n) is 8.76. The molecule has 0 aliphatic carbocycles. The summed E-state index contributed by atoms with van der Waals surface area (Å²) >= 11 is 0. The number of anilines is 1. The summed E-state index contributed by atoms with van der Waals surface area (Å²) in [5.41, 5.74) is 2.73. The van der Waals surface area contributed by atoms with Crippen LogP contribution in [0.5, 0.6) is 11.5 Å². The van der Waals surface area contributed by atoms with Gasteiger partial charge in [-0.25, -0.2) is 0 Å². The fourth-order valence-electron chi connectivity index (χ4n) is 2.72. The number of hydrogen-bond acceptors (Lipinski definition) is 4. The molecule has 1 N–H and O–H groups in total. The number of amides is 2. The van der Waals surface area contributed by atoms with Crippen LogP contribution in [0.1, 0.15) is 18.1 Å². The third kappa shape index (κ3) is 5.74. The van der Waals surface area contributed by atoms with Crippen molar-refractivity contribution in [2.75, 3.05) is 32.6 Å². The second-order valence-corrected chi connectivity index (χ2v) is 6.24. The van der Waals surface area contributed by atoms with Crippen LogP contribution in [0.25, 0.3) is 0 Å². The predicted molar refractivity (Wildman–Crippen MR) is 105 cm³/mol. The van der Waals surface area contributed by atoms with Crippen LogP contribution in [0.2, 0.25) is 0 Å². The highest BCUT2D eigenvalue weighted by molar-refractivity contribution is 5.94. The Kier molecular flexibility index (Phi) is 7.23. The molecule has 0 unspecified atom stereocenters. The molecule has 2 aromatic carbocycles. The molecular weight excluding hydrogens is 344 g/mol. The summed E-state index contributed by atoms with van der Waals surface area (Å²) in [4.78, 5) is 25.8. The molecule has 0 fully saturated rings. The Morgan fingerprint density at radius 1 is 1.04 bits per heavy atom. The van der Waals surface area contributed by atoms with Gasteiger partial charge in [0, 0.05) is 19.2 Å². The van der Waals surface area contributed by atoms with Crippen molar-refractivity contribution >= 4 is 17.5 Å². The Labute approximate surface area is 160 Å². The quantitative estimate of drug-likeness (QED) is 0.776. The van der Waals surface area contributed by atoms with Crippen molar-refractivity contribution in [2.45, 2.75) is 20.3 Å². The molecule has 0 spiro atoms. The number of benzene rings is 2. The summed E-state index contributed by atoms with van der Waals surface area (Å²) < 4.78 is 10.5. The predicted octanol–water partition coefficient (Wildman–Crippen LogP) is 3.04. The molecule has 0 saturated carbocycles. The first-order chi connectivity index (χ1) is 12.9. The summed E-state index contributed by atoms with van der Waals surface area (Å²) in [6.45, 7) is 3.84. The molecule has 0 saturated heterocycles. The van der Waals surface area contributed by atoms with Crippen LogP contribution in [0.15, 0.2) is 42.5 Å². The maximum Gasteiger partial charge on any atom is 0.244 e. The van der Waals surface area contributed by atoms with Crippen LogP contribution >= 0.6 is 0 Å². The number of hydrogen-bond donors (Lipinski definition) is 1. The molecule has 0 bridgehead atoms. The van der Waals surface area contributed by atoms with Crippen molar-refractivity contribution in [3.63, 3.8) is 0 Å². The zero-order valence-corrected chi connectivity index (χ0v) is 16.2. The van der Waals surface area contributed by atoms with E-state index < -0.39 is 0 Å². The lowest BCUT2D eigenvalue weighted by Crippen LogP contribution is -2.38. The molecule has 0 atom stereocenters. The van der Waals surface area contributed by atoms with Crippen LogP contribution < -0.4 is 14.8 Å². The van der Waals surface area contributed by atoms with Gasteiger partial charge in [-0.2, -0.15) is 0 Å². The summed E-state index contributed by atoms with van der Waals surface area (Å²) in [6.07, 6.45) is 0.609. The van der Waals surface area contributed by atoms with E-state index in [2.05, 4.69) is 5.32 Å². The first kappa shape index (κ1) is 20.3. The van der Waals surface area contributed by atoms with Gasteiger partial charge in [0.15, 0.2) is 11.5 Å². The fraction of sp³-hybridized carbons (Fsp3) is 0.333. The summed E-state index contributed by atoms with van der Waals surface area (Å²) in [7, 11) is 3.17. The highest BCUT2D eigenvalue weighted by atomic mass is 16.5.